The summed E-state index contributed by atoms with van der Waals surface area (Å²) in [5, 5.41) is 2.39. The van der Waals surface area contributed by atoms with E-state index in [1.165, 1.54) is 44.3 Å². The topological polar surface area (TPSA) is 17.0 Å². The number of fused-ring (bicyclic) bond motifs is 3. The van der Waals surface area contributed by atoms with E-state index in [-0.39, 0.29) is 5.41 Å². The molecule has 144 valence electrons. The van der Waals surface area contributed by atoms with Gasteiger partial charge in [-0.05, 0) is 49.3 Å². The number of benzene rings is 2. The summed E-state index contributed by atoms with van der Waals surface area (Å²) in [7, 11) is 2.13. The van der Waals surface area contributed by atoms with Gasteiger partial charge in [0.25, 0.3) is 0 Å². The van der Waals surface area contributed by atoms with Gasteiger partial charge in [-0.3, -0.25) is 0 Å². The molecule has 0 aliphatic heterocycles. The number of rotatable bonds is 2. The normalized spacial score (nSPS) is 12.2. The summed E-state index contributed by atoms with van der Waals surface area (Å²) in [5.74, 6) is 0. The van der Waals surface area contributed by atoms with Crippen LogP contribution >= 0.6 is 0 Å². The zero-order valence-corrected chi connectivity index (χ0v) is 18.1. The van der Waals surface area contributed by atoms with Gasteiger partial charge in [-0.1, -0.05) is 51.1 Å². The van der Waals surface area contributed by atoms with Crippen molar-refractivity contribution in [3.05, 3.63) is 64.8 Å². The first-order valence-corrected chi connectivity index (χ1v) is 10.1. The molecule has 0 unspecified atom stereocenters. The third-order valence-electron chi connectivity index (χ3n) is 5.63. The van der Waals surface area contributed by atoms with Gasteiger partial charge < -0.3 is 4.42 Å². The van der Waals surface area contributed by atoms with Crippen LogP contribution in [0.15, 0.2) is 47.0 Å². The van der Waals surface area contributed by atoms with E-state index in [0.29, 0.717) is 0 Å². The molecule has 2 aromatic carbocycles. The third-order valence-corrected chi connectivity index (χ3v) is 5.63. The standard InChI is InChI=1S/C26H30NO/c1-16-11-12-21-20-10-8-9-17(2)24(20)28-25(21)23(16)22-13-19(14-26(4,5)6)18(3)15-27(22)7/h8-13,15H,14H2,1-7H3/q+1. The number of aryl methyl sites for hydroxylation is 4. The minimum atomic E-state index is 0.249. The lowest BCUT2D eigenvalue weighted by Crippen LogP contribution is -2.32. The second-order valence-electron chi connectivity index (χ2n) is 9.40. The Morgan fingerprint density at radius 1 is 0.857 bits per heavy atom. The number of nitrogens with zero attached hydrogens (tertiary/aromatic N) is 1. The molecule has 2 heteroatoms. The summed E-state index contributed by atoms with van der Waals surface area (Å²) in [5.41, 5.74) is 9.81. The Morgan fingerprint density at radius 3 is 2.29 bits per heavy atom. The molecule has 4 rings (SSSR count). The molecule has 0 aliphatic rings. The van der Waals surface area contributed by atoms with Crippen molar-refractivity contribution >= 4 is 21.9 Å². The number of pyridine rings is 1. The molecule has 2 heterocycles. The van der Waals surface area contributed by atoms with Crippen molar-refractivity contribution < 1.29 is 8.98 Å². The summed E-state index contributed by atoms with van der Waals surface area (Å²) in [6.45, 7) is 13.4. The van der Waals surface area contributed by atoms with Crippen LogP contribution in [0.5, 0.6) is 0 Å². The summed E-state index contributed by atoms with van der Waals surface area (Å²) >= 11 is 0. The minimum Gasteiger partial charge on any atom is -0.455 e. The van der Waals surface area contributed by atoms with Crippen LogP contribution in [0, 0.1) is 26.2 Å². The molecule has 0 bridgehead atoms. The quantitative estimate of drug-likeness (QED) is 0.363. The lowest BCUT2D eigenvalue weighted by Gasteiger charge is -2.19. The maximum Gasteiger partial charge on any atom is 0.216 e. The highest BCUT2D eigenvalue weighted by Gasteiger charge is 2.23. The van der Waals surface area contributed by atoms with Crippen LogP contribution in [0.1, 0.15) is 43.0 Å². The number of para-hydroxylation sites is 1. The van der Waals surface area contributed by atoms with E-state index < -0.39 is 0 Å². The molecule has 0 saturated heterocycles. The Morgan fingerprint density at radius 2 is 1.57 bits per heavy atom. The molecule has 0 aliphatic carbocycles. The Balaban J connectivity index is 2.04. The summed E-state index contributed by atoms with van der Waals surface area (Å²) in [6.07, 6.45) is 3.31. The van der Waals surface area contributed by atoms with Gasteiger partial charge in [0.05, 0.1) is 5.56 Å². The Kier molecular flexibility index (Phi) is 4.33. The van der Waals surface area contributed by atoms with Gasteiger partial charge in [0.2, 0.25) is 5.69 Å². The highest BCUT2D eigenvalue weighted by molar-refractivity contribution is 6.10. The molecule has 2 nitrogen and oxygen atoms in total. The highest BCUT2D eigenvalue weighted by atomic mass is 16.3. The van der Waals surface area contributed by atoms with Crippen LogP contribution in [0.4, 0.5) is 0 Å². The van der Waals surface area contributed by atoms with Gasteiger partial charge >= 0.3 is 0 Å². The van der Waals surface area contributed by atoms with Gasteiger partial charge in [0, 0.05) is 22.4 Å². The molecule has 0 spiro atoms. The third kappa shape index (κ3) is 3.11. The first kappa shape index (κ1) is 18.7. The summed E-state index contributed by atoms with van der Waals surface area (Å²) < 4.78 is 8.70. The average Bonchev–Trinajstić information content (AvgIpc) is 2.97. The van der Waals surface area contributed by atoms with E-state index in [0.717, 1.165) is 17.6 Å². The van der Waals surface area contributed by atoms with Crippen molar-refractivity contribution in [1.29, 1.82) is 0 Å². The van der Waals surface area contributed by atoms with Gasteiger partial charge in [0.1, 0.15) is 18.2 Å². The first-order chi connectivity index (χ1) is 13.2. The number of hydrogen-bond donors (Lipinski definition) is 0. The van der Waals surface area contributed by atoms with Gasteiger partial charge in [-0.25, -0.2) is 4.57 Å². The number of aromatic nitrogens is 1. The molecule has 28 heavy (non-hydrogen) atoms. The SMILES string of the molecule is Cc1c[n+](C)c(-c2c(C)ccc3c2oc2c(C)cccc23)cc1CC(C)(C)C. The Hall–Kier alpha value is -2.61. The monoisotopic (exact) mass is 372 g/mol. The lowest BCUT2D eigenvalue weighted by atomic mass is 9.86. The van der Waals surface area contributed by atoms with Crippen LogP contribution in [0.2, 0.25) is 0 Å². The van der Waals surface area contributed by atoms with E-state index in [1.54, 1.807) is 0 Å². The maximum atomic E-state index is 6.46. The predicted molar refractivity (Wildman–Crippen MR) is 118 cm³/mol. The van der Waals surface area contributed by atoms with E-state index in [4.69, 9.17) is 4.42 Å². The Bertz CT molecular complexity index is 1210. The van der Waals surface area contributed by atoms with Crippen molar-refractivity contribution in [2.24, 2.45) is 12.5 Å². The number of hydrogen-bond acceptors (Lipinski definition) is 1. The molecule has 0 N–H and O–H groups in total. The van der Waals surface area contributed by atoms with Crippen molar-refractivity contribution in [2.45, 2.75) is 48.0 Å². The first-order valence-electron chi connectivity index (χ1n) is 10.1. The van der Waals surface area contributed by atoms with E-state index >= 15 is 0 Å². The molecule has 0 fully saturated rings. The van der Waals surface area contributed by atoms with Crippen molar-refractivity contribution in [3.63, 3.8) is 0 Å². The second kappa shape index (κ2) is 6.48. The fraction of sp³-hybridized carbons (Fsp3) is 0.346. The minimum absolute atomic E-state index is 0.249. The summed E-state index contributed by atoms with van der Waals surface area (Å²) in [6, 6.07) is 13.2. The molecule has 0 radical (unpaired) electrons. The second-order valence-corrected chi connectivity index (χ2v) is 9.40. The van der Waals surface area contributed by atoms with Gasteiger partial charge in [0.15, 0.2) is 6.20 Å². The van der Waals surface area contributed by atoms with Crippen LogP contribution in [-0.2, 0) is 13.5 Å². The molecule has 2 aromatic heterocycles. The lowest BCUT2D eigenvalue weighted by molar-refractivity contribution is -0.660. The predicted octanol–water partition coefficient (Wildman–Crippen LogP) is 6.59. The van der Waals surface area contributed by atoms with Crippen LogP contribution in [0.3, 0.4) is 0 Å². The summed E-state index contributed by atoms with van der Waals surface area (Å²) in [4.78, 5) is 0. The van der Waals surface area contributed by atoms with Crippen molar-refractivity contribution in [1.82, 2.24) is 0 Å². The molecule has 0 atom stereocenters. The molecular weight excluding hydrogens is 342 g/mol. The number of furan rings is 1. The van der Waals surface area contributed by atoms with E-state index in [9.17, 15) is 0 Å². The van der Waals surface area contributed by atoms with Crippen LogP contribution in [0.25, 0.3) is 33.2 Å². The van der Waals surface area contributed by atoms with Gasteiger partial charge in [-0.2, -0.15) is 0 Å². The van der Waals surface area contributed by atoms with E-state index in [2.05, 4.69) is 95.8 Å². The molecule has 4 aromatic rings. The fourth-order valence-corrected chi connectivity index (χ4v) is 4.25. The van der Waals surface area contributed by atoms with E-state index in [1.807, 2.05) is 0 Å². The van der Waals surface area contributed by atoms with Crippen molar-refractivity contribution in [3.8, 4) is 11.3 Å². The molecule has 0 saturated carbocycles. The van der Waals surface area contributed by atoms with Crippen LogP contribution in [-0.4, -0.2) is 0 Å². The maximum absolute atomic E-state index is 6.46. The smallest absolute Gasteiger partial charge is 0.216 e. The Labute approximate surface area is 167 Å². The molecule has 0 amide bonds. The molecular formula is C26H30NO+. The zero-order valence-electron chi connectivity index (χ0n) is 18.1. The average molecular weight is 373 g/mol. The van der Waals surface area contributed by atoms with Crippen molar-refractivity contribution in [2.75, 3.05) is 0 Å². The fourth-order valence-electron chi connectivity index (χ4n) is 4.25. The van der Waals surface area contributed by atoms with Crippen LogP contribution < -0.4 is 4.57 Å². The van der Waals surface area contributed by atoms with Gasteiger partial charge in [-0.15, -0.1) is 0 Å². The largest absolute Gasteiger partial charge is 0.455 e. The highest BCUT2D eigenvalue weighted by Crippen LogP contribution is 2.38. The zero-order chi connectivity index (χ0) is 20.2.